The number of furan rings is 1. The standard InChI is InChI=1S/C12H12O5/c1-6-9(10(13)12(14)15)7-4-3-5-8(16-2)11(7)17-6/h3-5,10,13H,1-2H3,(H,14,15). The van der Waals surface area contributed by atoms with Crippen molar-refractivity contribution in [3.63, 3.8) is 0 Å². The summed E-state index contributed by atoms with van der Waals surface area (Å²) in [5.41, 5.74) is 0.717. The predicted molar refractivity (Wildman–Crippen MR) is 60.1 cm³/mol. The lowest BCUT2D eigenvalue weighted by Gasteiger charge is -2.04. The highest BCUT2D eigenvalue weighted by atomic mass is 16.5. The molecule has 0 spiro atoms. The number of aliphatic hydroxyl groups excluding tert-OH is 1. The molecule has 1 unspecified atom stereocenters. The fraction of sp³-hybridized carbons (Fsp3) is 0.250. The lowest BCUT2D eigenvalue weighted by atomic mass is 10.1. The summed E-state index contributed by atoms with van der Waals surface area (Å²) in [5.74, 6) is -0.424. The van der Waals surface area contributed by atoms with Gasteiger partial charge in [-0.25, -0.2) is 4.79 Å². The lowest BCUT2D eigenvalue weighted by molar-refractivity contribution is -0.146. The first kappa shape index (κ1) is 11.5. The van der Waals surface area contributed by atoms with Crippen molar-refractivity contribution in [1.82, 2.24) is 0 Å². The van der Waals surface area contributed by atoms with Crippen LogP contribution in [0.25, 0.3) is 11.0 Å². The van der Waals surface area contributed by atoms with Crippen LogP contribution in [0.3, 0.4) is 0 Å². The Labute approximate surface area is 97.2 Å². The molecule has 1 atom stereocenters. The van der Waals surface area contributed by atoms with Crippen molar-refractivity contribution in [2.75, 3.05) is 7.11 Å². The first-order valence-electron chi connectivity index (χ1n) is 5.03. The van der Waals surface area contributed by atoms with Crippen LogP contribution >= 0.6 is 0 Å². The number of aliphatic carboxylic acids is 1. The van der Waals surface area contributed by atoms with Crippen molar-refractivity contribution in [3.8, 4) is 5.75 Å². The van der Waals surface area contributed by atoms with Gasteiger partial charge >= 0.3 is 5.97 Å². The van der Waals surface area contributed by atoms with Crippen LogP contribution in [0.5, 0.6) is 5.75 Å². The number of aryl methyl sites for hydroxylation is 1. The molecule has 2 rings (SSSR count). The zero-order valence-corrected chi connectivity index (χ0v) is 9.43. The van der Waals surface area contributed by atoms with Crippen molar-refractivity contribution < 1.29 is 24.2 Å². The van der Waals surface area contributed by atoms with E-state index < -0.39 is 12.1 Å². The van der Waals surface area contributed by atoms with Crippen molar-refractivity contribution in [2.24, 2.45) is 0 Å². The zero-order valence-electron chi connectivity index (χ0n) is 9.43. The smallest absolute Gasteiger partial charge is 0.337 e. The number of hydrogen-bond donors (Lipinski definition) is 2. The molecule has 0 radical (unpaired) electrons. The minimum atomic E-state index is -1.59. The normalized spacial score (nSPS) is 12.6. The maximum atomic E-state index is 10.8. The van der Waals surface area contributed by atoms with E-state index in [-0.39, 0.29) is 5.56 Å². The quantitative estimate of drug-likeness (QED) is 0.850. The zero-order chi connectivity index (χ0) is 12.6. The van der Waals surface area contributed by atoms with E-state index in [1.807, 2.05) is 0 Å². The second-order valence-corrected chi connectivity index (χ2v) is 3.65. The van der Waals surface area contributed by atoms with Crippen LogP contribution in [0.2, 0.25) is 0 Å². The third kappa shape index (κ3) is 1.74. The molecular formula is C12H12O5. The molecule has 5 nitrogen and oxygen atoms in total. The average molecular weight is 236 g/mol. The predicted octanol–water partition coefficient (Wildman–Crippen LogP) is 1.87. The fourth-order valence-electron chi connectivity index (χ4n) is 1.85. The number of aliphatic hydroxyl groups is 1. The van der Waals surface area contributed by atoms with Gasteiger partial charge in [0.1, 0.15) is 5.76 Å². The van der Waals surface area contributed by atoms with Gasteiger partial charge in [0.25, 0.3) is 0 Å². The van der Waals surface area contributed by atoms with Gasteiger partial charge in [-0.05, 0) is 13.0 Å². The number of para-hydroxylation sites is 1. The maximum Gasteiger partial charge on any atom is 0.337 e. The van der Waals surface area contributed by atoms with Crippen LogP contribution in [0.15, 0.2) is 22.6 Å². The third-order valence-corrected chi connectivity index (χ3v) is 2.63. The molecule has 0 saturated carbocycles. The monoisotopic (exact) mass is 236 g/mol. The highest BCUT2D eigenvalue weighted by Crippen LogP contribution is 2.35. The molecule has 0 fully saturated rings. The van der Waals surface area contributed by atoms with E-state index in [0.717, 1.165) is 0 Å². The van der Waals surface area contributed by atoms with Crippen molar-refractivity contribution in [3.05, 3.63) is 29.5 Å². The largest absolute Gasteiger partial charge is 0.493 e. The summed E-state index contributed by atoms with van der Waals surface area (Å²) in [6.07, 6.45) is -1.59. The topological polar surface area (TPSA) is 79.9 Å². The highest BCUT2D eigenvalue weighted by molar-refractivity contribution is 5.91. The molecule has 2 aromatic rings. The van der Waals surface area contributed by atoms with Crippen LogP contribution in [0.4, 0.5) is 0 Å². The number of fused-ring (bicyclic) bond motifs is 1. The number of carbonyl (C=O) groups is 1. The van der Waals surface area contributed by atoms with Crippen molar-refractivity contribution in [2.45, 2.75) is 13.0 Å². The highest BCUT2D eigenvalue weighted by Gasteiger charge is 2.25. The van der Waals surface area contributed by atoms with Gasteiger partial charge < -0.3 is 19.4 Å². The van der Waals surface area contributed by atoms with Gasteiger partial charge in [-0.15, -0.1) is 0 Å². The molecule has 17 heavy (non-hydrogen) atoms. The van der Waals surface area contributed by atoms with Gasteiger partial charge in [-0.2, -0.15) is 0 Å². The number of ether oxygens (including phenoxy) is 1. The van der Waals surface area contributed by atoms with Gasteiger partial charge in [-0.1, -0.05) is 12.1 Å². The Kier molecular flexibility index (Phi) is 2.77. The van der Waals surface area contributed by atoms with E-state index in [9.17, 15) is 9.90 Å². The molecule has 2 N–H and O–H groups in total. The summed E-state index contributed by atoms with van der Waals surface area (Å²) in [5, 5.41) is 19.0. The minimum Gasteiger partial charge on any atom is -0.493 e. The van der Waals surface area contributed by atoms with E-state index >= 15 is 0 Å². The molecule has 5 heteroatoms. The Morgan fingerprint density at radius 2 is 2.18 bits per heavy atom. The van der Waals surface area contributed by atoms with Crippen molar-refractivity contribution >= 4 is 16.9 Å². The fourth-order valence-corrected chi connectivity index (χ4v) is 1.85. The summed E-state index contributed by atoms with van der Waals surface area (Å²) in [6.45, 7) is 1.61. The molecule has 0 aliphatic rings. The van der Waals surface area contributed by atoms with Crippen molar-refractivity contribution in [1.29, 1.82) is 0 Å². The summed E-state index contributed by atoms with van der Waals surface area (Å²) in [6, 6.07) is 5.12. The van der Waals surface area contributed by atoms with Gasteiger partial charge in [0.15, 0.2) is 17.4 Å². The number of hydrogen-bond acceptors (Lipinski definition) is 4. The van der Waals surface area contributed by atoms with Crippen LogP contribution in [-0.4, -0.2) is 23.3 Å². The molecule has 0 saturated heterocycles. The summed E-state index contributed by atoms with van der Waals surface area (Å²) >= 11 is 0. The van der Waals surface area contributed by atoms with Crippen LogP contribution in [0.1, 0.15) is 17.4 Å². The molecule has 0 bridgehead atoms. The van der Waals surface area contributed by atoms with Crippen LogP contribution in [0, 0.1) is 6.92 Å². The Balaban J connectivity index is 2.72. The molecule has 0 amide bonds. The number of carboxylic acid groups (broad SMARTS) is 1. The van der Waals surface area contributed by atoms with E-state index in [0.29, 0.717) is 22.5 Å². The van der Waals surface area contributed by atoms with Crippen LogP contribution < -0.4 is 4.74 Å². The third-order valence-electron chi connectivity index (χ3n) is 2.63. The number of rotatable bonds is 3. The Morgan fingerprint density at radius 3 is 2.76 bits per heavy atom. The van der Waals surface area contributed by atoms with E-state index in [1.165, 1.54) is 7.11 Å². The number of benzene rings is 1. The Hall–Kier alpha value is -2.01. The Morgan fingerprint density at radius 1 is 1.47 bits per heavy atom. The van der Waals surface area contributed by atoms with E-state index in [1.54, 1.807) is 25.1 Å². The summed E-state index contributed by atoms with van der Waals surface area (Å²) in [4.78, 5) is 10.8. The second-order valence-electron chi connectivity index (χ2n) is 3.65. The average Bonchev–Trinajstić information content (AvgIpc) is 2.63. The number of carboxylic acids is 1. The summed E-state index contributed by atoms with van der Waals surface area (Å²) in [7, 11) is 1.50. The van der Waals surface area contributed by atoms with Gasteiger partial charge in [-0.3, -0.25) is 0 Å². The molecule has 1 heterocycles. The first-order valence-corrected chi connectivity index (χ1v) is 5.03. The maximum absolute atomic E-state index is 10.8. The van der Waals surface area contributed by atoms with E-state index in [4.69, 9.17) is 14.3 Å². The SMILES string of the molecule is COc1cccc2c(C(O)C(=O)O)c(C)oc12. The molecule has 90 valence electrons. The van der Waals surface area contributed by atoms with Gasteiger partial charge in [0, 0.05) is 10.9 Å². The molecule has 1 aromatic carbocycles. The molecule has 0 aliphatic heterocycles. The minimum absolute atomic E-state index is 0.270. The molecule has 1 aromatic heterocycles. The van der Waals surface area contributed by atoms with E-state index in [2.05, 4.69) is 0 Å². The molecular weight excluding hydrogens is 224 g/mol. The Bertz CT molecular complexity index is 570. The molecule has 0 aliphatic carbocycles. The summed E-state index contributed by atoms with van der Waals surface area (Å²) < 4.78 is 10.6. The van der Waals surface area contributed by atoms with Gasteiger partial charge in [0.05, 0.1) is 7.11 Å². The number of methoxy groups -OCH3 is 1. The van der Waals surface area contributed by atoms with Crippen LogP contribution in [-0.2, 0) is 4.79 Å². The lowest BCUT2D eigenvalue weighted by Crippen LogP contribution is -2.10. The second kappa shape index (κ2) is 4.10. The first-order chi connectivity index (χ1) is 8.06. The van der Waals surface area contributed by atoms with Gasteiger partial charge in [0.2, 0.25) is 0 Å².